The van der Waals surface area contributed by atoms with Crippen LogP contribution in [-0.2, 0) is 12.8 Å². The molecule has 4 unspecified atom stereocenters. The van der Waals surface area contributed by atoms with Crippen molar-refractivity contribution >= 4 is 37.0 Å². The summed E-state index contributed by atoms with van der Waals surface area (Å²) >= 11 is 0. The molecular weight excluding hydrogens is 827 g/mol. The monoisotopic (exact) mass is 875 g/mol. The molecule has 10 heteroatoms. The fourth-order valence-corrected chi connectivity index (χ4v) is 8.98. The van der Waals surface area contributed by atoms with E-state index in [1.54, 1.807) is 12.1 Å². The summed E-state index contributed by atoms with van der Waals surface area (Å²) in [6.45, 7) is 25.3. The van der Waals surface area contributed by atoms with Crippen LogP contribution in [0.5, 0.6) is 23.0 Å². The summed E-state index contributed by atoms with van der Waals surface area (Å²) in [6.07, 6.45) is 2.05. The van der Waals surface area contributed by atoms with Crippen LogP contribution in [0.4, 0.5) is 11.4 Å². The van der Waals surface area contributed by atoms with Crippen molar-refractivity contribution in [2.24, 2.45) is 16.5 Å². The highest BCUT2D eigenvalue weighted by atomic mass is 28.3. The Kier molecular flexibility index (Phi) is 13.2. The number of hydrogen-bond acceptors (Lipinski definition) is 7. The fourth-order valence-electron chi connectivity index (χ4n) is 8.51. The third-order valence-electron chi connectivity index (χ3n) is 11.8. The van der Waals surface area contributed by atoms with Gasteiger partial charge in [-0.3, -0.25) is 14.2 Å². The molecule has 4 heterocycles. The number of benzene rings is 6. The Labute approximate surface area is 381 Å². The van der Waals surface area contributed by atoms with E-state index < -0.39 is 8.24 Å². The lowest BCUT2D eigenvalue weighted by molar-refractivity contribution is 0.0559. The molecule has 0 saturated heterocycles. The van der Waals surface area contributed by atoms with Gasteiger partial charge in [-0.25, -0.2) is 9.69 Å². The predicted molar refractivity (Wildman–Crippen MR) is 258 cm³/mol. The molecule has 0 spiro atoms. The molecule has 0 saturated carbocycles. The molecule has 4 aliphatic heterocycles. The van der Waals surface area contributed by atoms with Crippen LogP contribution >= 0.6 is 0 Å². The maximum Gasteiger partial charge on any atom is 0.187 e. The quantitative estimate of drug-likeness (QED) is 0.0973. The van der Waals surface area contributed by atoms with Gasteiger partial charge in [0.05, 0.1) is 37.5 Å². The summed E-state index contributed by atoms with van der Waals surface area (Å²) in [4.78, 5) is 32.8. The molecule has 0 fully saturated rings. The number of fused-ring (bicyclic) bond motifs is 4. The van der Waals surface area contributed by atoms with Crippen LogP contribution < -0.4 is 18.9 Å². The largest absolute Gasteiger partial charge is 0.493 e. The van der Waals surface area contributed by atoms with Crippen molar-refractivity contribution in [1.29, 1.82) is 0 Å². The van der Waals surface area contributed by atoms with Crippen molar-refractivity contribution in [3.63, 3.8) is 0 Å². The lowest BCUT2D eigenvalue weighted by Gasteiger charge is -2.34. The Bertz CT molecular complexity index is 2720. The zero-order valence-electron chi connectivity index (χ0n) is 36.8. The predicted octanol–water partition coefficient (Wildman–Crippen LogP) is 12.7. The zero-order chi connectivity index (χ0) is 45.5. The first-order valence-corrected chi connectivity index (χ1v) is 25.2. The summed E-state index contributed by atoms with van der Waals surface area (Å²) in [7, 11) is -1.21. The Morgan fingerprint density at radius 2 is 0.985 bits per heavy atom. The van der Waals surface area contributed by atoms with E-state index in [0.29, 0.717) is 60.1 Å². The van der Waals surface area contributed by atoms with Gasteiger partial charge in [-0.1, -0.05) is 84.9 Å². The van der Waals surface area contributed by atoms with Crippen LogP contribution in [0, 0.1) is 25.0 Å². The van der Waals surface area contributed by atoms with E-state index in [1.807, 2.05) is 109 Å². The van der Waals surface area contributed by atoms with Crippen LogP contribution in [0.1, 0.15) is 44.7 Å². The summed E-state index contributed by atoms with van der Waals surface area (Å²) in [6, 6.07) is 42.3. The molecule has 4 atom stereocenters. The van der Waals surface area contributed by atoms with Crippen LogP contribution in [-0.4, -0.2) is 51.1 Å². The third kappa shape index (κ3) is 10.5. The Morgan fingerprint density at radius 3 is 1.38 bits per heavy atom. The topological polar surface area (TPSA) is 92.1 Å². The van der Waals surface area contributed by atoms with Crippen LogP contribution in [0.15, 0.2) is 145 Å². The van der Waals surface area contributed by atoms with Gasteiger partial charge >= 0.3 is 0 Å². The number of carbonyl (C=O) groups excluding carboxylic acids is 2. The molecule has 10 rings (SSSR count). The van der Waals surface area contributed by atoms with Gasteiger partial charge in [0.15, 0.2) is 31.2 Å². The summed E-state index contributed by atoms with van der Waals surface area (Å²) in [5, 5.41) is 0. The summed E-state index contributed by atoms with van der Waals surface area (Å²) in [5.74, 6) is 6.16. The van der Waals surface area contributed by atoms with E-state index in [0.717, 1.165) is 46.6 Å². The van der Waals surface area contributed by atoms with E-state index in [9.17, 15) is 9.59 Å². The number of Topliss-reactive ketones (excluding diaryl/α,β-unsaturated/α-hetero) is 2. The van der Waals surface area contributed by atoms with Gasteiger partial charge in [-0.05, 0) is 127 Å². The molecule has 324 valence electrons. The van der Waals surface area contributed by atoms with Crippen molar-refractivity contribution < 1.29 is 28.5 Å². The lowest BCUT2D eigenvalue weighted by Crippen LogP contribution is -2.39. The molecule has 6 aromatic carbocycles. The second-order valence-electron chi connectivity index (χ2n) is 17.5. The fraction of sp³-hybridized carbons (Fsp3) is 0.236. The molecular formula is C55H49N3O6Si. The van der Waals surface area contributed by atoms with E-state index in [-0.39, 0.29) is 35.6 Å². The first-order chi connectivity index (χ1) is 31.5. The highest BCUT2D eigenvalue weighted by Crippen LogP contribution is 2.39. The van der Waals surface area contributed by atoms with E-state index in [1.165, 1.54) is 11.1 Å². The smallest absolute Gasteiger partial charge is 0.187 e. The third-order valence-corrected chi connectivity index (χ3v) is 12.6. The normalized spacial score (nSPS) is 18.8. The average molecular weight is 876 g/mol. The standard InChI is InChI=1S/2C25H19NO3.C5H11NSi/c2*1-26-20-7-4-6-16(12-20)17-9-10-24-21(13-17)22(27)14-25(29-24)19-11-18-5-2-3-8-23(18)28-15-19;1-5-6-7(2,3)4/h2*2-10,12-13,19,25H,11,14-15H2;1H2,2-4H3. The van der Waals surface area contributed by atoms with Crippen LogP contribution in [0.25, 0.3) is 31.9 Å². The highest BCUT2D eigenvalue weighted by molar-refractivity contribution is 6.75. The molecule has 0 N–H and O–H groups in total. The second kappa shape index (κ2) is 19.5. The molecule has 0 aliphatic carbocycles. The number of nitrogens with zero attached hydrogens (tertiary/aromatic N) is 3. The van der Waals surface area contributed by atoms with Crippen molar-refractivity contribution in [2.75, 3.05) is 13.2 Å². The maximum atomic E-state index is 12.9. The molecule has 6 aromatic rings. The molecule has 0 amide bonds. The average Bonchev–Trinajstić information content (AvgIpc) is 3.33. The first-order valence-electron chi connectivity index (χ1n) is 21.8. The molecule has 0 aromatic heterocycles. The minimum absolute atomic E-state index is 0.0956. The minimum Gasteiger partial charge on any atom is -0.493 e. The van der Waals surface area contributed by atoms with Crippen LogP contribution in [0.3, 0.4) is 0 Å². The number of rotatable bonds is 5. The molecule has 9 nitrogen and oxygen atoms in total. The number of para-hydroxylation sites is 2. The Hall–Kier alpha value is -7.49. The van der Waals surface area contributed by atoms with Gasteiger partial charge in [-0.2, -0.15) is 0 Å². The minimum atomic E-state index is -1.21. The van der Waals surface area contributed by atoms with Gasteiger partial charge in [0.25, 0.3) is 0 Å². The maximum absolute atomic E-state index is 12.9. The lowest BCUT2D eigenvalue weighted by atomic mass is 9.86. The van der Waals surface area contributed by atoms with Gasteiger partial charge in [0, 0.05) is 24.7 Å². The van der Waals surface area contributed by atoms with Crippen molar-refractivity contribution in [1.82, 2.24) is 0 Å². The zero-order valence-corrected chi connectivity index (χ0v) is 37.8. The van der Waals surface area contributed by atoms with Crippen molar-refractivity contribution in [2.45, 2.75) is 57.5 Å². The van der Waals surface area contributed by atoms with Crippen LogP contribution in [0.2, 0.25) is 19.6 Å². The van der Waals surface area contributed by atoms with Gasteiger partial charge in [-0.15, -0.1) is 0 Å². The molecule has 0 radical (unpaired) electrons. The van der Waals surface area contributed by atoms with E-state index >= 15 is 0 Å². The highest BCUT2D eigenvalue weighted by Gasteiger charge is 2.37. The summed E-state index contributed by atoms with van der Waals surface area (Å²) < 4.78 is 28.3. The Balaban J connectivity index is 0.000000155. The van der Waals surface area contributed by atoms with Crippen molar-refractivity contribution in [3.8, 4) is 45.3 Å². The second-order valence-corrected chi connectivity index (χ2v) is 22.1. The molecule has 4 aliphatic rings. The first kappa shape index (κ1) is 44.1. The van der Waals surface area contributed by atoms with Gasteiger partial charge in [0.1, 0.15) is 35.2 Å². The number of ether oxygens (including phenoxy) is 4. The Morgan fingerprint density at radius 1 is 0.554 bits per heavy atom. The van der Waals surface area contributed by atoms with E-state index in [2.05, 4.69) is 58.6 Å². The SMILES string of the molecule is C=C=N[Si](C)(C)C.[C-]#[N+]c1cccc(-c2ccc3c(c2)C(=O)CC(C2COc4ccccc4C2)O3)c1.[C-]#[N+]c1cccc(-c2ccc3c(c2)C(=O)CC(C2COc4ccccc4C2)O3)c1. The molecule has 0 bridgehead atoms. The van der Waals surface area contributed by atoms with Gasteiger partial charge < -0.3 is 18.9 Å². The van der Waals surface area contributed by atoms with Crippen molar-refractivity contribution in [3.05, 3.63) is 185 Å². The number of ketones is 2. The van der Waals surface area contributed by atoms with Gasteiger partial charge in [0.2, 0.25) is 0 Å². The van der Waals surface area contributed by atoms with E-state index in [4.69, 9.17) is 32.1 Å². The summed E-state index contributed by atoms with van der Waals surface area (Å²) in [5.41, 5.74) is 8.41. The molecule has 65 heavy (non-hydrogen) atoms. The number of carbonyl (C=O) groups is 2. The number of hydrogen-bond donors (Lipinski definition) is 0.